The summed E-state index contributed by atoms with van der Waals surface area (Å²) >= 11 is 9.73. The number of hydrogen-bond acceptors (Lipinski definition) is 3. The van der Waals surface area contributed by atoms with E-state index >= 15 is 0 Å². The van der Waals surface area contributed by atoms with E-state index in [0.29, 0.717) is 22.0 Å². The Kier molecular flexibility index (Phi) is 5.46. The van der Waals surface area contributed by atoms with Crippen molar-refractivity contribution in [3.63, 3.8) is 0 Å². The van der Waals surface area contributed by atoms with Gasteiger partial charge in [0.1, 0.15) is 0 Å². The number of aryl methyl sites for hydroxylation is 2. The molecule has 1 heterocycles. The summed E-state index contributed by atoms with van der Waals surface area (Å²) < 4.78 is 41.4. The van der Waals surface area contributed by atoms with Crippen molar-refractivity contribution < 1.29 is 23.1 Å². The third kappa shape index (κ3) is 3.84. The Hall–Kier alpha value is -1.32. The van der Waals surface area contributed by atoms with Gasteiger partial charge in [-0.05, 0) is 53.9 Å². The number of hydrogen-bond donors (Lipinski definition) is 3. The second kappa shape index (κ2) is 6.89. The molecule has 0 amide bonds. The Morgan fingerprint density at radius 2 is 1.96 bits per heavy atom. The van der Waals surface area contributed by atoms with Crippen molar-refractivity contribution in [1.29, 1.82) is 0 Å². The van der Waals surface area contributed by atoms with Crippen LogP contribution in [0.25, 0.3) is 0 Å². The van der Waals surface area contributed by atoms with Crippen LogP contribution < -0.4 is 4.72 Å². The molecule has 2 rings (SSSR count). The molecule has 0 aliphatic heterocycles. The normalized spacial score (nSPS) is 11.6. The quantitative estimate of drug-likeness (QED) is 0.516. The van der Waals surface area contributed by atoms with Crippen molar-refractivity contribution in [2.45, 2.75) is 24.9 Å². The Morgan fingerprint density at radius 1 is 1.33 bits per heavy atom. The minimum Gasteiger partial charge on any atom is -0.478 e. The van der Waals surface area contributed by atoms with E-state index in [1.54, 1.807) is 13.8 Å². The fourth-order valence-corrected chi connectivity index (χ4v) is 3.86. The van der Waals surface area contributed by atoms with E-state index in [2.05, 4.69) is 25.6 Å². The number of aromatic carboxylic acids is 1. The molecule has 10 heteroatoms. The minimum absolute atomic E-state index is 0.110. The van der Waals surface area contributed by atoms with Gasteiger partial charge in [0, 0.05) is 15.9 Å². The van der Waals surface area contributed by atoms with Crippen LogP contribution in [0.1, 0.15) is 27.3 Å². The number of benzene rings is 1. The number of carboxylic acids is 1. The summed E-state index contributed by atoms with van der Waals surface area (Å²) in [5.41, 5.74) is 0.587. The average Bonchev–Trinajstić information content (AvgIpc) is 2.72. The van der Waals surface area contributed by atoms with Crippen molar-refractivity contribution in [2.75, 3.05) is 4.72 Å². The molecule has 0 bridgehead atoms. The van der Waals surface area contributed by atoms with Crippen LogP contribution in [-0.2, 0) is 6.18 Å². The Bertz CT molecular complexity index is 808. The van der Waals surface area contributed by atoms with Gasteiger partial charge in [-0.1, -0.05) is 11.6 Å². The number of carboxylic acid groups (broad SMARTS) is 1. The molecule has 0 fully saturated rings. The van der Waals surface area contributed by atoms with Crippen LogP contribution >= 0.6 is 39.5 Å². The number of alkyl halides is 3. The van der Waals surface area contributed by atoms with Crippen LogP contribution in [0.3, 0.4) is 0 Å². The first kappa shape index (κ1) is 19.0. The summed E-state index contributed by atoms with van der Waals surface area (Å²) in [4.78, 5) is 14.7. The maximum atomic E-state index is 12.8. The van der Waals surface area contributed by atoms with Crippen molar-refractivity contribution >= 4 is 51.1 Å². The molecule has 0 saturated heterocycles. The highest BCUT2D eigenvalue weighted by atomic mass is 79.9. The van der Waals surface area contributed by atoms with Crippen molar-refractivity contribution in [3.05, 3.63) is 44.1 Å². The van der Waals surface area contributed by atoms with E-state index in [1.807, 2.05) is 0 Å². The van der Waals surface area contributed by atoms with Gasteiger partial charge in [0.05, 0.1) is 26.7 Å². The second-order valence-corrected chi connectivity index (χ2v) is 6.98. The molecule has 1 aromatic carbocycles. The lowest BCUT2D eigenvalue weighted by Gasteiger charge is -2.13. The molecule has 0 aliphatic rings. The van der Waals surface area contributed by atoms with E-state index in [-0.39, 0.29) is 10.0 Å². The summed E-state index contributed by atoms with van der Waals surface area (Å²) in [6.07, 6.45) is -4.56. The van der Waals surface area contributed by atoms with Crippen LogP contribution in [0.5, 0.6) is 0 Å². The lowest BCUT2D eigenvalue weighted by Crippen LogP contribution is -2.06. The van der Waals surface area contributed by atoms with Crippen LogP contribution in [0.4, 0.5) is 18.9 Å². The number of nitrogens with one attached hydrogen (secondary N) is 2. The first-order valence-corrected chi connectivity index (χ1v) is 8.42. The topological polar surface area (TPSA) is 65.1 Å². The van der Waals surface area contributed by atoms with E-state index in [9.17, 15) is 23.1 Å². The summed E-state index contributed by atoms with van der Waals surface area (Å²) in [5.74, 6) is -1.09. The fraction of sp³-hybridized carbons (Fsp3) is 0.214. The first-order valence-electron chi connectivity index (χ1n) is 6.44. The highest BCUT2D eigenvalue weighted by molar-refractivity contribution is 9.10. The molecule has 1 aromatic heterocycles. The lowest BCUT2D eigenvalue weighted by atomic mass is 10.2. The van der Waals surface area contributed by atoms with E-state index < -0.39 is 22.7 Å². The molecule has 0 unspecified atom stereocenters. The van der Waals surface area contributed by atoms with Gasteiger partial charge in [0.25, 0.3) is 0 Å². The van der Waals surface area contributed by atoms with Crippen molar-refractivity contribution in [1.82, 2.24) is 4.98 Å². The molecule has 3 N–H and O–H groups in total. The third-order valence-corrected chi connectivity index (χ3v) is 5.16. The van der Waals surface area contributed by atoms with Crippen molar-refractivity contribution in [3.8, 4) is 0 Å². The number of H-pyrrole nitrogens is 1. The SMILES string of the molecule is Cc1[nH]c(C)c(C(=O)O)c1SNc1cc(Cl)c(C(F)(F)F)cc1Br. The zero-order chi connectivity index (χ0) is 18.2. The molecule has 24 heavy (non-hydrogen) atoms. The number of aromatic amines is 1. The van der Waals surface area contributed by atoms with Gasteiger partial charge < -0.3 is 14.8 Å². The molecule has 0 saturated carbocycles. The van der Waals surface area contributed by atoms with E-state index in [4.69, 9.17) is 11.6 Å². The monoisotopic (exact) mass is 442 g/mol. The number of anilines is 1. The van der Waals surface area contributed by atoms with Gasteiger partial charge >= 0.3 is 12.1 Å². The van der Waals surface area contributed by atoms with Gasteiger partial charge in [-0.2, -0.15) is 13.2 Å². The average molecular weight is 444 g/mol. The molecule has 0 radical (unpaired) electrons. The van der Waals surface area contributed by atoms with Gasteiger partial charge in [-0.25, -0.2) is 4.79 Å². The predicted molar refractivity (Wildman–Crippen MR) is 90.9 cm³/mol. The molecule has 130 valence electrons. The minimum atomic E-state index is -4.56. The van der Waals surface area contributed by atoms with Crippen LogP contribution in [0.2, 0.25) is 5.02 Å². The molecule has 0 spiro atoms. The lowest BCUT2D eigenvalue weighted by molar-refractivity contribution is -0.137. The summed E-state index contributed by atoms with van der Waals surface area (Å²) in [6, 6.07) is 2.01. The number of aromatic nitrogens is 1. The largest absolute Gasteiger partial charge is 0.478 e. The molecule has 4 nitrogen and oxygen atoms in total. The zero-order valence-electron chi connectivity index (χ0n) is 12.3. The van der Waals surface area contributed by atoms with Gasteiger partial charge in [-0.3, -0.25) is 0 Å². The highest BCUT2D eigenvalue weighted by Crippen LogP contribution is 2.41. The maximum Gasteiger partial charge on any atom is 0.417 e. The van der Waals surface area contributed by atoms with Crippen molar-refractivity contribution in [2.24, 2.45) is 0 Å². The molecular weight excluding hydrogens is 433 g/mol. The zero-order valence-corrected chi connectivity index (χ0v) is 15.5. The Balaban J connectivity index is 2.31. The highest BCUT2D eigenvalue weighted by Gasteiger charge is 2.34. The molecule has 2 aromatic rings. The summed E-state index contributed by atoms with van der Waals surface area (Å²) in [6.45, 7) is 3.34. The maximum absolute atomic E-state index is 12.8. The predicted octanol–water partition coefficient (Wildman–Crippen LogP) is 5.88. The summed E-state index contributed by atoms with van der Waals surface area (Å²) in [7, 11) is 0. The Labute approximate surface area is 153 Å². The van der Waals surface area contributed by atoms with E-state index in [0.717, 1.165) is 24.1 Å². The van der Waals surface area contributed by atoms with Crippen LogP contribution in [-0.4, -0.2) is 16.1 Å². The Morgan fingerprint density at radius 3 is 2.50 bits per heavy atom. The standard InChI is InChI=1S/C14H11BrClF3N2O2S/c1-5-11(13(22)23)12(6(2)20-5)24-21-10-4-9(16)7(3-8(10)15)14(17,18)19/h3-4,20-21H,1-2H3,(H,22,23). The van der Waals surface area contributed by atoms with Gasteiger partial charge in [0.2, 0.25) is 0 Å². The van der Waals surface area contributed by atoms with E-state index in [1.165, 1.54) is 0 Å². The number of halogens is 5. The van der Waals surface area contributed by atoms with Crippen LogP contribution in [0, 0.1) is 13.8 Å². The molecule has 0 aliphatic carbocycles. The third-order valence-electron chi connectivity index (χ3n) is 3.16. The molecular formula is C14H11BrClF3N2O2S. The smallest absolute Gasteiger partial charge is 0.417 e. The number of rotatable bonds is 4. The van der Waals surface area contributed by atoms with Crippen LogP contribution in [0.15, 0.2) is 21.5 Å². The van der Waals surface area contributed by atoms with Gasteiger partial charge in [-0.15, -0.1) is 0 Å². The summed E-state index contributed by atoms with van der Waals surface area (Å²) in [5, 5.41) is 8.82. The number of carbonyl (C=O) groups is 1. The van der Waals surface area contributed by atoms with Gasteiger partial charge in [0.15, 0.2) is 0 Å². The molecule has 0 atom stereocenters. The second-order valence-electron chi connectivity index (χ2n) is 4.90. The first-order chi connectivity index (χ1) is 11.0. The fourth-order valence-electron chi connectivity index (χ4n) is 2.09.